The zero-order valence-electron chi connectivity index (χ0n) is 21.2. The number of rotatable bonds is 6. The van der Waals surface area contributed by atoms with Gasteiger partial charge in [-0.2, -0.15) is 16.9 Å². The fraction of sp³-hybridized carbons (Fsp3) is 0.111. The van der Waals surface area contributed by atoms with Crippen molar-refractivity contribution in [3.8, 4) is 11.1 Å². The van der Waals surface area contributed by atoms with Gasteiger partial charge in [-0.3, -0.25) is 0 Å². The van der Waals surface area contributed by atoms with Crippen LogP contribution >= 0.6 is 0 Å². The number of benzene rings is 2. The van der Waals surface area contributed by atoms with E-state index in [0.29, 0.717) is 26.3 Å². The molecule has 39 heavy (non-hydrogen) atoms. The zero-order chi connectivity index (χ0) is 28.1. The maximum atomic E-state index is 14.9. The molecular weight excluding hydrogens is 541 g/mol. The van der Waals surface area contributed by atoms with Crippen LogP contribution in [0.15, 0.2) is 88.8 Å². The van der Waals surface area contributed by atoms with E-state index in [1.165, 1.54) is 42.6 Å². The quantitative estimate of drug-likeness (QED) is 0.227. The summed E-state index contributed by atoms with van der Waals surface area (Å²) in [5, 5.41) is 4.02. The molecule has 0 saturated carbocycles. The Balaban J connectivity index is 1.77. The number of pyridine rings is 1. The molecule has 3 aromatic heterocycles. The summed E-state index contributed by atoms with van der Waals surface area (Å²) in [6.45, 7) is 5.01. The number of fused-ring (bicyclic) bond motifs is 2. The van der Waals surface area contributed by atoms with E-state index in [-0.39, 0.29) is 32.0 Å². The summed E-state index contributed by atoms with van der Waals surface area (Å²) in [5.41, 5.74) is 7.71. The summed E-state index contributed by atoms with van der Waals surface area (Å²) < 4.78 is 70.3. The lowest BCUT2D eigenvalue weighted by Crippen LogP contribution is -2.15. The first-order valence-corrected chi connectivity index (χ1v) is 14.7. The summed E-state index contributed by atoms with van der Waals surface area (Å²) >= 11 is 0. The van der Waals surface area contributed by atoms with Crippen molar-refractivity contribution < 1.29 is 21.2 Å². The van der Waals surface area contributed by atoms with Crippen LogP contribution in [-0.2, 0) is 20.0 Å². The molecule has 0 atom stereocenters. The molecule has 0 aliphatic rings. The van der Waals surface area contributed by atoms with Gasteiger partial charge in [-0.15, -0.1) is 5.10 Å². The van der Waals surface area contributed by atoms with Gasteiger partial charge in [0.05, 0.1) is 20.7 Å². The van der Waals surface area contributed by atoms with Gasteiger partial charge in [0, 0.05) is 23.0 Å². The predicted octanol–water partition coefficient (Wildman–Crippen LogP) is 4.98. The van der Waals surface area contributed by atoms with Crippen molar-refractivity contribution in [3.63, 3.8) is 0 Å². The highest BCUT2D eigenvalue weighted by Gasteiger charge is 2.27. The van der Waals surface area contributed by atoms with Crippen molar-refractivity contribution in [2.24, 2.45) is 0 Å². The second-order valence-electron chi connectivity index (χ2n) is 8.75. The smallest absolute Gasteiger partial charge is 0.283 e. The normalized spacial score (nSPS) is 13.2. The molecule has 2 N–H and O–H groups in total. The summed E-state index contributed by atoms with van der Waals surface area (Å²) in [5.74, 6) is -1.02. The molecular formula is C27H24FN5O4S2. The number of aromatic nitrogens is 4. The first-order valence-electron chi connectivity index (χ1n) is 11.8. The summed E-state index contributed by atoms with van der Waals surface area (Å²) in [6.07, 6.45) is 6.09. The molecule has 2 aromatic carbocycles. The number of aryl methyl sites for hydroxylation is 1. The SMILES string of the molecule is CC=CC(=CC)S(=O)(=O)n1c(C)cc2c(-c3cc(N)c4c(F)nn(S(=O)(=O)c5ccccc5)c4c3)ccnc21. The van der Waals surface area contributed by atoms with E-state index in [2.05, 4.69) is 10.1 Å². The topological polar surface area (TPSA) is 130 Å². The summed E-state index contributed by atoms with van der Waals surface area (Å²) in [7, 11) is -8.20. The molecule has 0 amide bonds. The highest BCUT2D eigenvalue weighted by atomic mass is 32.2. The maximum Gasteiger partial charge on any atom is 0.283 e. The van der Waals surface area contributed by atoms with E-state index < -0.39 is 26.0 Å². The van der Waals surface area contributed by atoms with E-state index >= 15 is 0 Å². The minimum atomic E-state index is -4.24. The fourth-order valence-electron chi connectivity index (χ4n) is 4.60. The van der Waals surface area contributed by atoms with Crippen LogP contribution in [0.1, 0.15) is 19.5 Å². The minimum Gasteiger partial charge on any atom is -0.398 e. The van der Waals surface area contributed by atoms with Gasteiger partial charge in [0.25, 0.3) is 20.0 Å². The van der Waals surface area contributed by atoms with E-state index in [1.54, 1.807) is 57.2 Å². The molecule has 3 heterocycles. The van der Waals surface area contributed by atoms with Crippen LogP contribution in [0.5, 0.6) is 0 Å². The molecule has 0 bridgehead atoms. The van der Waals surface area contributed by atoms with Crippen LogP contribution < -0.4 is 5.73 Å². The van der Waals surface area contributed by atoms with Crippen molar-refractivity contribution in [3.05, 3.63) is 95.6 Å². The second kappa shape index (κ2) is 9.47. The molecule has 0 aliphatic heterocycles. The molecule has 12 heteroatoms. The van der Waals surface area contributed by atoms with Crippen molar-refractivity contribution in [1.82, 2.24) is 18.1 Å². The van der Waals surface area contributed by atoms with Crippen molar-refractivity contribution in [1.29, 1.82) is 0 Å². The Morgan fingerprint density at radius 2 is 1.74 bits per heavy atom. The van der Waals surface area contributed by atoms with E-state index in [0.717, 1.165) is 3.97 Å². The van der Waals surface area contributed by atoms with Crippen LogP contribution in [0, 0.1) is 12.9 Å². The Kier molecular flexibility index (Phi) is 6.39. The molecule has 0 saturated heterocycles. The third-order valence-electron chi connectivity index (χ3n) is 6.31. The van der Waals surface area contributed by atoms with Gasteiger partial charge >= 0.3 is 0 Å². The Hall–Kier alpha value is -4.29. The van der Waals surface area contributed by atoms with Crippen LogP contribution in [0.3, 0.4) is 0 Å². The second-order valence-corrected chi connectivity index (χ2v) is 12.3. The number of hydrogen-bond donors (Lipinski definition) is 1. The highest BCUT2D eigenvalue weighted by Crippen LogP contribution is 2.37. The number of allylic oxidation sites excluding steroid dienone is 3. The monoisotopic (exact) mass is 565 g/mol. The van der Waals surface area contributed by atoms with Crippen LogP contribution in [0.25, 0.3) is 33.1 Å². The number of nitrogen functional groups attached to an aromatic ring is 1. The molecule has 0 unspecified atom stereocenters. The Morgan fingerprint density at radius 1 is 1.03 bits per heavy atom. The number of halogens is 1. The van der Waals surface area contributed by atoms with Gasteiger partial charge in [-0.25, -0.2) is 17.4 Å². The molecule has 200 valence electrons. The lowest BCUT2D eigenvalue weighted by Gasteiger charge is -2.11. The summed E-state index contributed by atoms with van der Waals surface area (Å²) in [4.78, 5) is 4.38. The largest absolute Gasteiger partial charge is 0.398 e. The third kappa shape index (κ3) is 4.12. The van der Waals surface area contributed by atoms with Crippen LogP contribution in [-0.4, -0.2) is 35.0 Å². The standard InChI is InChI=1S/C27H24FN5O4S2/c1-4-9-19(5-2)38(34,35)32-17(3)14-22-21(12-13-30-27(22)32)18-15-23(29)25-24(16-18)33(31-26(25)28)39(36,37)20-10-7-6-8-11-20/h4-16H,29H2,1-3H3. The van der Waals surface area contributed by atoms with Gasteiger partial charge in [-0.1, -0.05) is 30.4 Å². The van der Waals surface area contributed by atoms with Gasteiger partial charge in [0.1, 0.15) is 0 Å². The Labute approximate surface area is 224 Å². The van der Waals surface area contributed by atoms with Gasteiger partial charge < -0.3 is 5.73 Å². The van der Waals surface area contributed by atoms with Crippen molar-refractivity contribution >= 4 is 47.7 Å². The summed E-state index contributed by atoms with van der Waals surface area (Å²) in [6, 6.07) is 13.9. The Bertz CT molecular complexity index is 2040. The van der Waals surface area contributed by atoms with Gasteiger partial charge in [0.2, 0.25) is 5.95 Å². The molecule has 0 fully saturated rings. The number of nitrogens with zero attached hydrogens (tertiary/aromatic N) is 4. The third-order valence-corrected chi connectivity index (χ3v) is 9.82. The number of nitrogens with two attached hydrogens (primary N) is 1. The maximum absolute atomic E-state index is 14.9. The average Bonchev–Trinajstić information content (AvgIpc) is 3.44. The Morgan fingerprint density at radius 3 is 2.41 bits per heavy atom. The zero-order valence-corrected chi connectivity index (χ0v) is 22.8. The molecule has 0 spiro atoms. The van der Waals surface area contributed by atoms with Gasteiger partial charge in [0.15, 0.2) is 5.65 Å². The average molecular weight is 566 g/mol. The first kappa shape index (κ1) is 26.3. The van der Waals surface area contributed by atoms with E-state index in [9.17, 15) is 21.2 Å². The minimum absolute atomic E-state index is 0.0208. The predicted molar refractivity (Wildman–Crippen MR) is 149 cm³/mol. The molecule has 9 nitrogen and oxygen atoms in total. The lowest BCUT2D eigenvalue weighted by molar-refractivity contribution is 0.556. The van der Waals surface area contributed by atoms with Crippen LogP contribution in [0.2, 0.25) is 0 Å². The molecule has 0 aliphatic carbocycles. The van der Waals surface area contributed by atoms with Crippen LogP contribution in [0.4, 0.5) is 10.1 Å². The van der Waals surface area contributed by atoms with Gasteiger partial charge in [-0.05, 0) is 74.4 Å². The number of anilines is 1. The molecule has 5 rings (SSSR count). The first-order chi connectivity index (χ1) is 18.5. The van der Waals surface area contributed by atoms with Crippen molar-refractivity contribution in [2.75, 3.05) is 5.73 Å². The molecule has 5 aromatic rings. The van der Waals surface area contributed by atoms with E-state index in [1.807, 2.05) is 0 Å². The number of hydrogen-bond acceptors (Lipinski definition) is 7. The fourth-order valence-corrected chi connectivity index (χ4v) is 7.50. The van der Waals surface area contributed by atoms with E-state index in [4.69, 9.17) is 5.73 Å². The highest BCUT2D eigenvalue weighted by molar-refractivity contribution is 7.94. The lowest BCUT2D eigenvalue weighted by atomic mass is 10.0. The molecule has 0 radical (unpaired) electrons. The van der Waals surface area contributed by atoms with Crippen molar-refractivity contribution in [2.45, 2.75) is 25.7 Å².